The molecule has 5 nitrogen and oxygen atoms in total. The molecule has 1 aromatic carbocycles. The van der Waals surface area contributed by atoms with Gasteiger partial charge in [-0.15, -0.1) is 5.10 Å². The van der Waals surface area contributed by atoms with Crippen molar-refractivity contribution in [2.45, 2.75) is 6.92 Å². The van der Waals surface area contributed by atoms with Gasteiger partial charge in [-0.1, -0.05) is 6.07 Å². The Morgan fingerprint density at radius 1 is 1.29 bits per heavy atom. The summed E-state index contributed by atoms with van der Waals surface area (Å²) in [4.78, 5) is 4.28. The lowest BCUT2D eigenvalue weighted by Crippen LogP contribution is -1.93. The van der Waals surface area contributed by atoms with Crippen LogP contribution in [0.5, 0.6) is 0 Å². The van der Waals surface area contributed by atoms with E-state index in [0.29, 0.717) is 5.65 Å². The van der Waals surface area contributed by atoms with Crippen molar-refractivity contribution in [2.24, 2.45) is 0 Å². The number of hydrogen-bond donors (Lipinski definition) is 0. The molecule has 0 saturated carbocycles. The second-order valence-electron chi connectivity index (χ2n) is 3.20. The molecule has 3 aromatic rings. The highest BCUT2D eigenvalue weighted by Gasteiger charge is 2.02. The first-order chi connectivity index (χ1) is 6.84. The number of benzene rings is 1. The quantitative estimate of drug-likeness (QED) is 0.524. The minimum absolute atomic E-state index is 0.668. The minimum atomic E-state index is 0.668. The van der Waals surface area contributed by atoms with Gasteiger partial charge in [0.15, 0.2) is 5.65 Å². The zero-order chi connectivity index (χ0) is 9.54. The summed E-state index contributed by atoms with van der Waals surface area (Å²) in [5.74, 6) is 0. The van der Waals surface area contributed by atoms with E-state index in [4.69, 9.17) is 0 Å². The van der Waals surface area contributed by atoms with Crippen LogP contribution < -0.4 is 0 Å². The molecule has 2 heterocycles. The molecule has 0 N–H and O–H groups in total. The number of aromatic nitrogens is 5. The summed E-state index contributed by atoms with van der Waals surface area (Å²) in [5, 5.41) is 11.3. The zero-order valence-corrected chi connectivity index (χ0v) is 7.55. The van der Waals surface area contributed by atoms with Crippen molar-refractivity contribution in [2.75, 3.05) is 0 Å². The topological polar surface area (TPSA) is 56.0 Å². The fourth-order valence-corrected chi connectivity index (χ4v) is 1.49. The molecule has 2 aromatic heterocycles. The van der Waals surface area contributed by atoms with Crippen molar-refractivity contribution in [3.8, 4) is 0 Å². The SMILES string of the molecule is Cc1ccc2c(c1)ncc1nnnn12. The Kier molecular flexibility index (Phi) is 1.30. The Balaban J connectivity index is 2.57. The molecular formula is C9H7N5. The number of aryl methyl sites for hydroxylation is 1. The number of fused-ring (bicyclic) bond motifs is 3. The maximum atomic E-state index is 4.28. The van der Waals surface area contributed by atoms with Gasteiger partial charge >= 0.3 is 0 Å². The van der Waals surface area contributed by atoms with E-state index in [-0.39, 0.29) is 0 Å². The molecule has 5 heteroatoms. The third-order valence-corrected chi connectivity index (χ3v) is 2.17. The molecule has 0 atom stereocenters. The van der Waals surface area contributed by atoms with E-state index in [1.807, 2.05) is 25.1 Å². The first-order valence-corrected chi connectivity index (χ1v) is 4.28. The standard InChI is InChI=1S/C9H7N5/c1-6-2-3-8-7(4-6)10-5-9-11-12-13-14(8)9/h2-5H,1H3. The molecule has 0 fully saturated rings. The van der Waals surface area contributed by atoms with Crippen LogP contribution in [-0.2, 0) is 0 Å². The van der Waals surface area contributed by atoms with Gasteiger partial charge in [-0.25, -0.2) is 0 Å². The molecule has 0 aliphatic rings. The van der Waals surface area contributed by atoms with E-state index in [0.717, 1.165) is 11.0 Å². The van der Waals surface area contributed by atoms with E-state index in [2.05, 4.69) is 20.5 Å². The maximum Gasteiger partial charge on any atom is 0.198 e. The van der Waals surface area contributed by atoms with E-state index in [1.165, 1.54) is 5.56 Å². The molecule has 0 amide bonds. The van der Waals surface area contributed by atoms with E-state index < -0.39 is 0 Å². The first kappa shape index (κ1) is 7.37. The van der Waals surface area contributed by atoms with Crippen LogP contribution in [0, 0.1) is 6.92 Å². The molecule has 0 spiro atoms. The van der Waals surface area contributed by atoms with Crippen molar-refractivity contribution < 1.29 is 0 Å². The van der Waals surface area contributed by atoms with Crippen molar-refractivity contribution in [1.29, 1.82) is 0 Å². The highest BCUT2D eigenvalue weighted by Crippen LogP contribution is 2.13. The van der Waals surface area contributed by atoms with Crippen molar-refractivity contribution in [1.82, 2.24) is 25.0 Å². The highest BCUT2D eigenvalue weighted by molar-refractivity contribution is 5.77. The smallest absolute Gasteiger partial charge is 0.198 e. The number of nitrogens with zero attached hydrogens (tertiary/aromatic N) is 5. The molecule has 68 valence electrons. The van der Waals surface area contributed by atoms with E-state index >= 15 is 0 Å². The van der Waals surface area contributed by atoms with Crippen LogP contribution in [0.2, 0.25) is 0 Å². The Morgan fingerprint density at radius 2 is 2.21 bits per heavy atom. The van der Waals surface area contributed by atoms with Crippen LogP contribution in [0.4, 0.5) is 0 Å². The van der Waals surface area contributed by atoms with Crippen LogP contribution in [-0.4, -0.2) is 25.0 Å². The summed E-state index contributed by atoms with van der Waals surface area (Å²) < 4.78 is 1.68. The molecular weight excluding hydrogens is 178 g/mol. The van der Waals surface area contributed by atoms with Gasteiger partial charge in [0.25, 0.3) is 0 Å². The van der Waals surface area contributed by atoms with Crippen molar-refractivity contribution in [3.63, 3.8) is 0 Å². The fraction of sp³-hybridized carbons (Fsp3) is 0.111. The van der Waals surface area contributed by atoms with Crippen LogP contribution >= 0.6 is 0 Å². The van der Waals surface area contributed by atoms with Gasteiger partial charge in [-0.2, -0.15) is 4.52 Å². The molecule has 14 heavy (non-hydrogen) atoms. The van der Waals surface area contributed by atoms with Crippen LogP contribution in [0.1, 0.15) is 5.56 Å². The predicted molar refractivity (Wildman–Crippen MR) is 50.8 cm³/mol. The summed E-state index contributed by atoms with van der Waals surface area (Å²) in [6.45, 7) is 2.03. The van der Waals surface area contributed by atoms with Gasteiger partial charge in [0.1, 0.15) is 0 Å². The number of rotatable bonds is 0. The second kappa shape index (κ2) is 2.47. The third kappa shape index (κ3) is 0.891. The molecule has 0 aliphatic heterocycles. The Hall–Kier alpha value is -2.04. The molecule has 0 unspecified atom stereocenters. The number of tetrazole rings is 1. The van der Waals surface area contributed by atoms with Crippen LogP contribution in [0.25, 0.3) is 16.7 Å². The normalized spacial score (nSPS) is 11.2. The Bertz CT molecular complexity index is 613. The van der Waals surface area contributed by atoms with Crippen LogP contribution in [0.15, 0.2) is 24.4 Å². The fourth-order valence-electron chi connectivity index (χ4n) is 1.49. The van der Waals surface area contributed by atoms with Gasteiger partial charge in [0.05, 0.1) is 17.2 Å². The van der Waals surface area contributed by atoms with E-state index in [9.17, 15) is 0 Å². The van der Waals surface area contributed by atoms with Gasteiger partial charge in [0.2, 0.25) is 0 Å². The Labute approximate surface area is 79.4 Å². The maximum absolute atomic E-state index is 4.28. The van der Waals surface area contributed by atoms with Gasteiger partial charge in [0, 0.05) is 0 Å². The summed E-state index contributed by atoms with van der Waals surface area (Å²) in [7, 11) is 0. The molecule has 0 bridgehead atoms. The lowest BCUT2D eigenvalue weighted by molar-refractivity contribution is 0.840. The highest BCUT2D eigenvalue weighted by atomic mass is 15.5. The van der Waals surface area contributed by atoms with Gasteiger partial charge < -0.3 is 0 Å². The third-order valence-electron chi connectivity index (χ3n) is 2.17. The molecule has 0 aliphatic carbocycles. The van der Waals surface area contributed by atoms with Crippen molar-refractivity contribution in [3.05, 3.63) is 30.0 Å². The summed E-state index contributed by atoms with van der Waals surface area (Å²) in [5.41, 5.74) is 3.68. The molecule has 3 rings (SSSR count). The minimum Gasteiger partial charge on any atom is -0.251 e. The van der Waals surface area contributed by atoms with Crippen LogP contribution in [0.3, 0.4) is 0 Å². The first-order valence-electron chi connectivity index (χ1n) is 4.28. The second-order valence-corrected chi connectivity index (χ2v) is 3.20. The van der Waals surface area contributed by atoms with Crippen molar-refractivity contribution >= 4 is 16.7 Å². The lowest BCUT2D eigenvalue weighted by Gasteiger charge is -1.99. The van der Waals surface area contributed by atoms with Gasteiger partial charge in [-0.3, -0.25) is 4.98 Å². The number of hydrogen-bond acceptors (Lipinski definition) is 4. The monoisotopic (exact) mass is 185 g/mol. The largest absolute Gasteiger partial charge is 0.251 e. The average molecular weight is 185 g/mol. The molecule has 0 radical (unpaired) electrons. The predicted octanol–water partition coefficient (Wildman–Crippen LogP) is 0.981. The summed E-state index contributed by atoms with van der Waals surface area (Å²) in [6, 6.07) is 6.00. The summed E-state index contributed by atoms with van der Waals surface area (Å²) in [6.07, 6.45) is 1.67. The van der Waals surface area contributed by atoms with E-state index in [1.54, 1.807) is 10.7 Å². The average Bonchev–Trinajstić information content (AvgIpc) is 2.65. The molecule has 0 saturated heterocycles. The lowest BCUT2D eigenvalue weighted by atomic mass is 10.2. The zero-order valence-electron chi connectivity index (χ0n) is 7.55. The Morgan fingerprint density at radius 3 is 3.14 bits per heavy atom. The summed E-state index contributed by atoms with van der Waals surface area (Å²) >= 11 is 0. The van der Waals surface area contributed by atoms with Gasteiger partial charge in [-0.05, 0) is 35.0 Å².